The molecular weight excluding hydrogens is 440 g/mol. The quantitative estimate of drug-likeness (QED) is 0.424. The van der Waals surface area contributed by atoms with Gasteiger partial charge in [-0.05, 0) is 38.7 Å². The van der Waals surface area contributed by atoms with Crippen LogP contribution in [0.1, 0.15) is 49.1 Å². The highest BCUT2D eigenvalue weighted by molar-refractivity contribution is 7.13. The molecule has 5 rings (SSSR count). The van der Waals surface area contributed by atoms with Crippen LogP contribution in [0.5, 0.6) is 0 Å². The predicted molar refractivity (Wildman–Crippen MR) is 124 cm³/mol. The van der Waals surface area contributed by atoms with Gasteiger partial charge < -0.3 is 10.1 Å². The maximum Gasteiger partial charge on any atom is 0.275 e. The van der Waals surface area contributed by atoms with Crippen LogP contribution in [0.3, 0.4) is 0 Å². The number of amides is 1. The Bertz CT molecular complexity index is 1200. The number of ether oxygens (including phenoxy) is 1. The number of rotatable bonds is 7. The highest BCUT2D eigenvalue weighted by Gasteiger charge is 2.26. The molecule has 0 bridgehead atoms. The molecule has 1 fully saturated rings. The number of nitrogens with zero attached hydrogens (tertiary/aromatic N) is 6. The van der Waals surface area contributed by atoms with E-state index >= 15 is 0 Å². The Kier molecular flexibility index (Phi) is 6.22. The first kappa shape index (κ1) is 21.4. The van der Waals surface area contributed by atoms with Crippen LogP contribution in [0, 0.1) is 0 Å². The van der Waals surface area contributed by atoms with Crippen LogP contribution in [0.15, 0.2) is 42.4 Å². The van der Waals surface area contributed by atoms with Gasteiger partial charge in [0.25, 0.3) is 5.91 Å². The number of aromatic nitrogens is 7. The number of hydrogen-bond donors (Lipinski definition) is 2. The number of thiazole rings is 1. The molecule has 33 heavy (non-hydrogen) atoms. The number of nitrogens with one attached hydrogen (secondary N) is 2. The van der Waals surface area contributed by atoms with Gasteiger partial charge >= 0.3 is 0 Å². The van der Waals surface area contributed by atoms with Gasteiger partial charge in [-0.1, -0.05) is 0 Å². The molecule has 0 spiro atoms. The Morgan fingerprint density at radius 3 is 2.82 bits per heavy atom. The number of aromatic amines is 1. The Morgan fingerprint density at radius 2 is 2.09 bits per heavy atom. The number of carbonyl (C=O) groups excluding carboxylic acids is 1. The molecule has 0 saturated heterocycles. The highest BCUT2D eigenvalue weighted by Crippen LogP contribution is 2.33. The molecule has 11 heteroatoms. The summed E-state index contributed by atoms with van der Waals surface area (Å²) in [6.07, 6.45) is 12.9. The monoisotopic (exact) mass is 464 g/mol. The van der Waals surface area contributed by atoms with Crippen molar-refractivity contribution in [1.29, 1.82) is 0 Å². The topological polar surface area (TPSA) is 124 Å². The molecule has 0 radical (unpaired) electrons. The lowest BCUT2D eigenvalue weighted by molar-refractivity contribution is 0.0260. The summed E-state index contributed by atoms with van der Waals surface area (Å²) in [6.45, 7) is 2.77. The zero-order chi connectivity index (χ0) is 22.6. The zero-order valence-corrected chi connectivity index (χ0v) is 19.0. The first-order chi connectivity index (χ1) is 16.2. The molecule has 2 N–H and O–H groups in total. The summed E-state index contributed by atoms with van der Waals surface area (Å²) in [5.41, 5.74) is 2.28. The Hall–Kier alpha value is -3.44. The van der Waals surface area contributed by atoms with Crippen LogP contribution >= 0.6 is 11.3 Å². The van der Waals surface area contributed by atoms with E-state index in [1.165, 1.54) is 11.3 Å². The Labute approximate surface area is 194 Å². The molecule has 0 aromatic carbocycles. The fraction of sp³-hybridized carbons (Fsp3) is 0.364. The van der Waals surface area contributed by atoms with E-state index in [-0.39, 0.29) is 11.9 Å². The smallest absolute Gasteiger partial charge is 0.275 e. The molecule has 1 aliphatic carbocycles. The van der Waals surface area contributed by atoms with Crippen molar-refractivity contribution in [2.75, 3.05) is 11.9 Å². The number of carbonyl (C=O) groups is 1. The second-order valence-corrected chi connectivity index (χ2v) is 8.67. The van der Waals surface area contributed by atoms with E-state index in [0.717, 1.165) is 42.9 Å². The molecule has 1 amide bonds. The van der Waals surface area contributed by atoms with Crippen LogP contribution < -0.4 is 5.32 Å². The van der Waals surface area contributed by atoms with Gasteiger partial charge in [0, 0.05) is 42.3 Å². The van der Waals surface area contributed by atoms with Gasteiger partial charge in [0.15, 0.2) is 11.5 Å². The maximum absolute atomic E-state index is 13.0. The van der Waals surface area contributed by atoms with E-state index in [1.807, 2.05) is 17.8 Å². The second kappa shape index (κ2) is 9.59. The molecule has 0 atom stereocenters. The fourth-order valence-corrected chi connectivity index (χ4v) is 4.82. The van der Waals surface area contributed by atoms with Gasteiger partial charge in [-0.15, -0.1) is 11.3 Å². The van der Waals surface area contributed by atoms with E-state index < -0.39 is 0 Å². The van der Waals surface area contributed by atoms with Crippen LogP contribution in [0.25, 0.3) is 22.1 Å². The molecule has 4 aromatic rings. The minimum atomic E-state index is -0.308. The number of H-pyrrole nitrogens is 1. The van der Waals surface area contributed by atoms with Crippen molar-refractivity contribution in [3.05, 3.63) is 48.1 Å². The van der Waals surface area contributed by atoms with E-state index in [0.29, 0.717) is 29.0 Å². The van der Waals surface area contributed by atoms with Gasteiger partial charge in [0.2, 0.25) is 0 Å². The summed E-state index contributed by atoms with van der Waals surface area (Å²) >= 11 is 1.39. The second-order valence-electron chi connectivity index (χ2n) is 7.81. The van der Waals surface area contributed by atoms with Gasteiger partial charge in [-0.25, -0.2) is 15.0 Å². The average molecular weight is 465 g/mol. The van der Waals surface area contributed by atoms with E-state index in [4.69, 9.17) is 9.84 Å². The molecule has 1 saturated carbocycles. The lowest BCUT2D eigenvalue weighted by Crippen LogP contribution is -2.24. The summed E-state index contributed by atoms with van der Waals surface area (Å²) in [6, 6.07) is 1.99. The summed E-state index contributed by atoms with van der Waals surface area (Å²) in [5.74, 6) is 0.157. The maximum atomic E-state index is 13.0. The van der Waals surface area contributed by atoms with Gasteiger partial charge in [-0.3, -0.25) is 14.6 Å². The lowest BCUT2D eigenvalue weighted by Gasteiger charge is -2.28. The van der Waals surface area contributed by atoms with Crippen molar-refractivity contribution in [3.63, 3.8) is 0 Å². The average Bonchev–Trinajstić information content (AvgIpc) is 3.61. The van der Waals surface area contributed by atoms with Crippen LogP contribution in [-0.4, -0.2) is 53.5 Å². The van der Waals surface area contributed by atoms with Crippen molar-refractivity contribution in [2.24, 2.45) is 0 Å². The summed E-state index contributed by atoms with van der Waals surface area (Å²) < 4.78 is 7.71. The lowest BCUT2D eigenvalue weighted by atomic mass is 9.93. The highest BCUT2D eigenvalue weighted by atomic mass is 32.1. The molecule has 0 unspecified atom stereocenters. The normalized spacial score (nSPS) is 18.3. The SMILES string of the molecule is CCOC1CCC(n2cc(NC(=O)c3csc(-c4cn[nH]c4)n3)c(-c3ncccn3)n2)CC1. The molecule has 4 aromatic heterocycles. The molecule has 170 valence electrons. The molecule has 4 heterocycles. The summed E-state index contributed by atoms with van der Waals surface area (Å²) in [7, 11) is 0. The molecule has 1 aliphatic rings. The first-order valence-corrected chi connectivity index (χ1v) is 11.8. The van der Waals surface area contributed by atoms with Gasteiger partial charge in [0.05, 0.1) is 24.0 Å². The van der Waals surface area contributed by atoms with Crippen LogP contribution in [-0.2, 0) is 4.74 Å². The van der Waals surface area contributed by atoms with Crippen molar-refractivity contribution >= 4 is 22.9 Å². The summed E-state index contributed by atoms with van der Waals surface area (Å²) in [4.78, 5) is 26.1. The number of anilines is 1. The van der Waals surface area contributed by atoms with Gasteiger partial charge in [-0.2, -0.15) is 10.2 Å². The third kappa shape index (κ3) is 4.69. The summed E-state index contributed by atoms with van der Waals surface area (Å²) in [5, 5.41) is 16.9. The van der Waals surface area contributed by atoms with Crippen molar-refractivity contribution in [3.8, 4) is 22.1 Å². The van der Waals surface area contributed by atoms with Crippen molar-refractivity contribution in [1.82, 2.24) is 34.9 Å². The zero-order valence-electron chi connectivity index (χ0n) is 18.1. The van der Waals surface area contributed by atoms with Crippen LogP contribution in [0.4, 0.5) is 5.69 Å². The van der Waals surface area contributed by atoms with Crippen molar-refractivity contribution in [2.45, 2.75) is 44.8 Å². The minimum absolute atomic E-state index is 0.238. The van der Waals surface area contributed by atoms with E-state index in [2.05, 4.69) is 30.5 Å². The van der Waals surface area contributed by atoms with Crippen LogP contribution in [0.2, 0.25) is 0 Å². The first-order valence-electron chi connectivity index (χ1n) is 11.0. The molecular formula is C22H24N8O2S. The van der Waals surface area contributed by atoms with Crippen molar-refractivity contribution < 1.29 is 9.53 Å². The number of hydrogen-bond acceptors (Lipinski definition) is 8. The largest absolute Gasteiger partial charge is 0.379 e. The molecule has 10 nitrogen and oxygen atoms in total. The minimum Gasteiger partial charge on any atom is -0.379 e. The van der Waals surface area contributed by atoms with E-state index in [9.17, 15) is 4.79 Å². The Balaban J connectivity index is 1.38. The predicted octanol–water partition coefficient (Wildman–Crippen LogP) is 3.96. The third-order valence-electron chi connectivity index (χ3n) is 5.66. The third-order valence-corrected chi connectivity index (χ3v) is 6.55. The standard InChI is InChI=1S/C22H24N8O2S/c1-2-32-16-6-4-15(5-7-16)30-12-17(19(29-30)20-23-8-3-9-24-20)27-21(31)18-13-33-22(28-18)14-10-25-26-11-14/h3,8-13,15-16H,2,4-7H2,1H3,(H,25,26)(H,27,31). The van der Waals surface area contributed by atoms with Gasteiger partial charge in [0.1, 0.15) is 10.7 Å². The Morgan fingerprint density at radius 1 is 1.27 bits per heavy atom. The fourth-order valence-electron chi connectivity index (χ4n) is 4.03. The van der Waals surface area contributed by atoms with E-state index in [1.54, 1.807) is 36.2 Å². The molecule has 0 aliphatic heterocycles.